The van der Waals surface area contributed by atoms with Crippen molar-refractivity contribution in [2.45, 2.75) is 38.8 Å². The Labute approximate surface area is 64.0 Å². The lowest BCUT2D eigenvalue weighted by atomic mass is 10.1. The van der Waals surface area contributed by atoms with Crippen LogP contribution < -0.4 is 5.32 Å². The summed E-state index contributed by atoms with van der Waals surface area (Å²) in [5, 5.41) is 3.19. The van der Waals surface area contributed by atoms with E-state index in [0.29, 0.717) is 12.1 Å². The molecule has 0 aromatic carbocycles. The molecule has 0 rings (SSSR count). The summed E-state index contributed by atoms with van der Waals surface area (Å²) in [4.78, 5) is 0. The van der Waals surface area contributed by atoms with Gasteiger partial charge in [-0.25, -0.2) is 0 Å². The van der Waals surface area contributed by atoms with Gasteiger partial charge in [-0.05, 0) is 33.7 Å². The van der Waals surface area contributed by atoms with Gasteiger partial charge < -0.3 is 10.1 Å². The van der Waals surface area contributed by atoms with Gasteiger partial charge in [0, 0.05) is 13.2 Å². The van der Waals surface area contributed by atoms with E-state index in [4.69, 9.17) is 4.74 Å². The summed E-state index contributed by atoms with van der Waals surface area (Å²) in [6.07, 6.45) is 2.72. The Morgan fingerprint density at radius 1 is 1.30 bits per heavy atom. The predicted octanol–water partition coefficient (Wildman–Crippen LogP) is 1.41. The largest absolute Gasteiger partial charge is 0.382 e. The number of methoxy groups -OCH3 is 1. The minimum atomic E-state index is 0.399. The first-order chi connectivity index (χ1) is 4.70. The lowest BCUT2D eigenvalue weighted by Crippen LogP contribution is -2.22. The van der Waals surface area contributed by atoms with Crippen LogP contribution in [-0.2, 0) is 4.74 Å². The van der Waals surface area contributed by atoms with Gasteiger partial charge in [0.2, 0.25) is 0 Å². The van der Waals surface area contributed by atoms with Crippen molar-refractivity contribution in [1.82, 2.24) is 5.32 Å². The zero-order chi connectivity index (χ0) is 7.98. The molecule has 0 radical (unpaired) electrons. The summed E-state index contributed by atoms with van der Waals surface area (Å²) in [7, 11) is 3.75. The predicted molar refractivity (Wildman–Crippen MR) is 44.2 cm³/mol. The Morgan fingerprint density at radius 2 is 1.90 bits per heavy atom. The Balaban J connectivity index is 3.17. The van der Waals surface area contributed by atoms with Crippen LogP contribution in [0.2, 0.25) is 0 Å². The van der Waals surface area contributed by atoms with Crippen molar-refractivity contribution in [3.8, 4) is 0 Å². The summed E-state index contributed by atoms with van der Waals surface area (Å²) >= 11 is 0. The highest BCUT2D eigenvalue weighted by atomic mass is 16.5. The summed E-state index contributed by atoms with van der Waals surface area (Å²) < 4.78 is 5.12. The van der Waals surface area contributed by atoms with Crippen molar-refractivity contribution in [2.75, 3.05) is 14.2 Å². The molecule has 0 aromatic heterocycles. The molecule has 0 aliphatic rings. The van der Waals surface area contributed by atoms with Gasteiger partial charge in [0.25, 0.3) is 0 Å². The van der Waals surface area contributed by atoms with Crippen LogP contribution in [0.25, 0.3) is 0 Å². The third kappa shape index (κ3) is 4.77. The molecule has 0 aromatic rings. The molecule has 0 bridgehead atoms. The van der Waals surface area contributed by atoms with Gasteiger partial charge in [-0.1, -0.05) is 0 Å². The van der Waals surface area contributed by atoms with E-state index in [1.807, 2.05) is 7.05 Å². The summed E-state index contributed by atoms with van der Waals surface area (Å²) in [5.74, 6) is 0. The summed E-state index contributed by atoms with van der Waals surface area (Å²) in [6, 6.07) is 0.609. The molecule has 0 aliphatic carbocycles. The molecule has 0 aliphatic heterocycles. The number of ether oxygens (including phenoxy) is 1. The SMILES string of the molecule is CNC(C)CCC(C)OC. The number of hydrogen-bond donors (Lipinski definition) is 1. The molecule has 2 atom stereocenters. The highest BCUT2D eigenvalue weighted by Gasteiger charge is 2.02. The molecule has 62 valence electrons. The topological polar surface area (TPSA) is 21.3 Å². The first-order valence-corrected chi connectivity index (χ1v) is 3.90. The van der Waals surface area contributed by atoms with E-state index in [1.54, 1.807) is 7.11 Å². The van der Waals surface area contributed by atoms with Gasteiger partial charge in [0.05, 0.1) is 6.10 Å². The second-order valence-electron chi connectivity index (χ2n) is 2.81. The second kappa shape index (κ2) is 5.69. The molecule has 0 spiro atoms. The zero-order valence-electron chi connectivity index (χ0n) is 7.48. The molecule has 0 amide bonds. The first-order valence-electron chi connectivity index (χ1n) is 3.90. The number of hydrogen-bond acceptors (Lipinski definition) is 2. The van der Waals surface area contributed by atoms with Crippen LogP contribution in [0, 0.1) is 0 Å². The second-order valence-corrected chi connectivity index (χ2v) is 2.81. The fourth-order valence-corrected chi connectivity index (χ4v) is 0.747. The van der Waals surface area contributed by atoms with Crippen molar-refractivity contribution < 1.29 is 4.74 Å². The highest BCUT2D eigenvalue weighted by molar-refractivity contribution is 4.59. The molecule has 10 heavy (non-hydrogen) atoms. The van der Waals surface area contributed by atoms with Crippen LogP contribution >= 0.6 is 0 Å². The van der Waals surface area contributed by atoms with Gasteiger partial charge in [-0.3, -0.25) is 0 Å². The maximum atomic E-state index is 5.12. The molecule has 0 heterocycles. The van der Waals surface area contributed by atoms with Crippen molar-refractivity contribution in [3.05, 3.63) is 0 Å². The minimum Gasteiger partial charge on any atom is -0.382 e. The van der Waals surface area contributed by atoms with Crippen LogP contribution in [0.4, 0.5) is 0 Å². The fourth-order valence-electron chi connectivity index (χ4n) is 0.747. The van der Waals surface area contributed by atoms with Gasteiger partial charge in [-0.15, -0.1) is 0 Å². The van der Waals surface area contributed by atoms with E-state index < -0.39 is 0 Å². The van der Waals surface area contributed by atoms with Crippen molar-refractivity contribution >= 4 is 0 Å². The van der Waals surface area contributed by atoms with Gasteiger partial charge >= 0.3 is 0 Å². The third-order valence-electron chi connectivity index (χ3n) is 1.90. The Bertz CT molecular complexity index is 65.7. The van der Waals surface area contributed by atoms with Crippen molar-refractivity contribution in [2.24, 2.45) is 0 Å². The van der Waals surface area contributed by atoms with Crippen LogP contribution in [0.1, 0.15) is 26.7 Å². The molecule has 2 heteroatoms. The third-order valence-corrected chi connectivity index (χ3v) is 1.90. The molecule has 0 saturated heterocycles. The smallest absolute Gasteiger partial charge is 0.0543 e. The standard InChI is InChI=1S/C8H19NO/c1-7(9-3)5-6-8(2)10-4/h7-9H,5-6H2,1-4H3. The molecular weight excluding hydrogens is 126 g/mol. The Morgan fingerprint density at radius 3 is 2.30 bits per heavy atom. The zero-order valence-corrected chi connectivity index (χ0v) is 7.48. The monoisotopic (exact) mass is 145 g/mol. The average molecular weight is 145 g/mol. The minimum absolute atomic E-state index is 0.399. The lowest BCUT2D eigenvalue weighted by molar-refractivity contribution is 0.107. The van der Waals surface area contributed by atoms with E-state index >= 15 is 0 Å². The van der Waals surface area contributed by atoms with Crippen LogP contribution in [-0.4, -0.2) is 26.3 Å². The first kappa shape index (κ1) is 9.92. The molecule has 1 N–H and O–H groups in total. The fraction of sp³-hybridized carbons (Fsp3) is 1.00. The van der Waals surface area contributed by atoms with E-state index in [0.717, 1.165) is 6.42 Å². The summed E-state index contributed by atoms with van der Waals surface area (Å²) in [6.45, 7) is 4.28. The van der Waals surface area contributed by atoms with Gasteiger partial charge in [-0.2, -0.15) is 0 Å². The van der Waals surface area contributed by atoms with E-state index in [2.05, 4.69) is 19.2 Å². The molecule has 2 nitrogen and oxygen atoms in total. The normalized spacial score (nSPS) is 16.8. The number of rotatable bonds is 5. The van der Waals surface area contributed by atoms with E-state index in [1.165, 1.54) is 6.42 Å². The maximum Gasteiger partial charge on any atom is 0.0543 e. The van der Waals surface area contributed by atoms with Crippen LogP contribution in [0.15, 0.2) is 0 Å². The summed E-state index contributed by atoms with van der Waals surface area (Å²) in [5.41, 5.74) is 0. The van der Waals surface area contributed by atoms with E-state index in [9.17, 15) is 0 Å². The number of nitrogens with one attached hydrogen (secondary N) is 1. The average Bonchev–Trinajstić information content (AvgIpc) is 1.99. The highest BCUT2D eigenvalue weighted by Crippen LogP contribution is 2.02. The van der Waals surface area contributed by atoms with Crippen LogP contribution in [0.5, 0.6) is 0 Å². The molecule has 2 unspecified atom stereocenters. The van der Waals surface area contributed by atoms with Gasteiger partial charge in [0.1, 0.15) is 0 Å². The molecule has 0 saturated carbocycles. The Kier molecular flexibility index (Phi) is 5.64. The van der Waals surface area contributed by atoms with Crippen molar-refractivity contribution in [3.63, 3.8) is 0 Å². The van der Waals surface area contributed by atoms with Gasteiger partial charge in [0.15, 0.2) is 0 Å². The van der Waals surface area contributed by atoms with Crippen LogP contribution in [0.3, 0.4) is 0 Å². The quantitative estimate of drug-likeness (QED) is 0.631. The lowest BCUT2D eigenvalue weighted by Gasteiger charge is -2.13. The molecular formula is C8H19NO. The molecule has 0 fully saturated rings. The van der Waals surface area contributed by atoms with Crippen molar-refractivity contribution in [1.29, 1.82) is 0 Å². The Hall–Kier alpha value is -0.0800. The van der Waals surface area contributed by atoms with E-state index in [-0.39, 0.29) is 0 Å². The maximum absolute atomic E-state index is 5.12.